The first kappa shape index (κ1) is 13.7. The first-order valence-electron chi connectivity index (χ1n) is 6.18. The molecule has 0 saturated heterocycles. The van der Waals surface area contributed by atoms with Crippen molar-refractivity contribution >= 4 is 5.82 Å². The topological polar surface area (TPSA) is 50.2 Å². The van der Waals surface area contributed by atoms with Gasteiger partial charge in [-0.05, 0) is 19.9 Å². The predicted octanol–water partition coefficient (Wildman–Crippen LogP) is 0.699. The average molecular weight is 238 g/mol. The van der Waals surface area contributed by atoms with Gasteiger partial charge in [0.15, 0.2) is 5.82 Å². The number of aromatic nitrogens is 2. The first-order valence-corrected chi connectivity index (χ1v) is 6.18. The van der Waals surface area contributed by atoms with Gasteiger partial charge in [-0.2, -0.15) is 0 Å². The maximum atomic E-state index is 12.0. The van der Waals surface area contributed by atoms with Crippen LogP contribution in [0.2, 0.25) is 0 Å². The zero-order valence-corrected chi connectivity index (χ0v) is 10.9. The average Bonchev–Trinajstić information content (AvgIpc) is 2.34. The number of aryl methyl sites for hydroxylation is 1. The third-order valence-corrected chi connectivity index (χ3v) is 2.65. The van der Waals surface area contributed by atoms with Crippen molar-refractivity contribution in [3.8, 4) is 0 Å². The minimum Gasteiger partial charge on any atom is -0.354 e. The van der Waals surface area contributed by atoms with Crippen LogP contribution in [-0.2, 0) is 6.54 Å². The Morgan fingerprint density at radius 1 is 1.41 bits per heavy atom. The molecule has 0 aromatic carbocycles. The lowest BCUT2D eigenvalue weighted by molar-refractivity contribution is 0.656. The lowest BCUT2D eigenvalue weighted by Gasteiger charge is -2.18. The van der Waals surface area contributed by atoms with E-state index in [9.17, 15) is 4.79 Å². The zero-order chi connectivity index (χ0) is 12.7. The molecule has 0 unspecified atom stereocenters. The highest BCUT2D eigenvalue weighted by Gasteiger charge is 2.08. The van der Waals surface area contributed by atoms with Gasteiger partial charge in [-0.1, -0.05) is 6.92 Å². The van der Waals surface area contributed by atoms with Crippen LogP contribution < -0.4 is 15.8 Å². The second-order valence-corrected chi connectivity index (χ2v) is 4.01. The van der Waals surface area contributed by atoms with Crippen LogP contribution in [0.4, 0.5) is 5.82 Å². The highest BCUT2D eigenvalue weighted by atomic mass is 16.1. The fraction of sp³-hybridized carbons (Fsp3) is 0.667. The Kier molecular flexibility index (Phi) is 5.69. The Hall–Kier alpha value is -1.36. The molecule has 0 radical (unpaired) electrons. The molecule has 0 spiro atoms. The van der Waals surface area contributed by atoms with Gasteiger partial charge < -0.3 is 14.8 Å². The quantitative estimate of drug-likeness (QED) is 0.710. The molecule has 1 rings (SSSR count). The van der Waals surface area contributed by atoms with Gasteiger partial charge in [-0.3, -0.25) is 4.79 Å². The molecule has 0 saturated carbocycles. The molecule has 5 nitrogen and oxygen atoms in total. The summed E-state index contributed by atoms with van der Waals surface area (Å²) in [6, 6.07) is 0. The molecule has 1 aromatic rings. The van der Waals surface area contributed by atoms with Crippen LogP contribution in [-0.4, -0.2) is 36.2 Å². The predicted molar refractivity (Wildman–Crippen MR) is 70.6 cm³/mol. The zero-order valence-electron chi connectivity index (χ0n) is 10.9. The second kappa shape index (κ2) is 7.06. The van der Waals surface area contributed by atoms with Gasteiger partial charge in [-0.15, -0.1) is 0 Å². The summed E-state index contributed by atoms with van der Waals surface area (Å²) < 4.78 is 1.66. The van der Waals surface area contributed by atoms with Gasteiger partial charge in [0.1, 0.15) is 0 Å². The maximum Gasteiger partial charge on any atom is 0.293 e. The molecule has 0 aliphatic carbocycles. The van der Waals surface area contributed by atoms with Crippen molar-refractivity contribution in [3.05, 3.63) is 22.7 Å². The summed E-state index contributed by atoms with van der Waals surface area (Å²) in [7, 11) is 1.90. The molecule has 0 aliphatic heterocycles. The number of nitrogens with one attached hydrogen (secondary N) is 1. The Bertz CT molecular complexity index is 388. The van der Waals surface area contributed by atoms with Crippen LogP contribution in [0.15, 0.2) is 17.2 Å². The third-order valence-electron chi connectivity index (χ3n) is 2.65. The Morgan fingerprint density at radius 2 is 2.18 bits per heavy atom. The summed E-state index contributed by atoms with van der Waals surface area (Å²) in [6.07, 6.45) is 4.52. The summed E-state index contributed by atoms with van der Waals surface area (Å²) >= 11 is 0. The van der Waals surface area contributed by atoms with Gasteiger partial charge >= 0.3 is 0 Å². The van der Waals surface area contributed by atoms with E-state index < -0.39 is 0 Å². The van der Waals surface area contributed by atoms with E-state index >= 15 is 0 Å². The minimum absolute atomic E-state index is 0.0204. The van der Waals surface area contributed by atoms with Gasteiger partial charge in [0.25, 0.3) is 5.56 Å². The molecule has 1 aromatic heterocycles. The maximum absolute atomic E-state index is 12.0. The molecule has 1 heterocycles. The molecule has 0 aliphatic rings. The van der Waals surface area contributed by atoms with Crippen molar-refractivity contribution in [1.82, 2.24) is 14.9 Å². The fourth-order valence-corrected chi connectivity index (χ4v) is 1.60. The Morgan fingerprint density at radius 3 is 2.82 bits per heavy atom. The largest absolute Gasteiger partial charge is 0.354 e. The van der Waals surface area contributed by atoms with Crippen LogP contribution in [0, 0.1) is 0 Å². The van der Waals surface area contributed by atoms with Crippen molar-refractivity contribution in [3.63, 3.8) is 0 Å². The Labute approximate surface area is 102 Å². The summed E-state index contributed by atoms with van der Waals surface area (Å²) in [5.41, 5.74) is -0.0204. The van der Waals surface area contributed by atoms with Crippen LogP contribution in [0.1, 0.15) is 20.3 Å². The van der Waals surface area contributed by atoms with Gasteiger partial charge in [-0.25, -0.2) is 4.98 Å². The van der Waals surface area contributed by atoms with Gasteiger partial charge in [0, 0.05) is 39.1 Å². The highest BCUT2D eigenvalue weighted by Crippen LogP contribution is 1.99. The van der Waals surface area contributed by atoms with Crippen molar-refractivity contribution in [2.24, 2.45) is 0 Å². The molecule has 0 bridgehead atoms. The SMILES string of the molecule is CCCNCCN(C)c1nccn(CC)c1=O. The standard InChI is InChI=1S/C12H22N4O/c1-4-6-13-7-9-15(3)11-12(17)16(5-2)10-8-14-11/h8,10,13H,4-7,9H2,1-3H3. The number of hydrogen-bond acceptors (Lipinski definition) is 4. The molecule has 5 heteroatoms. The number of rotatable bonds is 7. The van der Waals surface area contributed by atoms with Crippen LogP contribution >= 0.6 is 0 Å². The van der Waals surface area contributed by atoms with E-state index in [4.69, 9.17) is 0 Å². The summed E-state index contributed by atoms with van der Waals surface area (Å²) in [5, 5.41) is 3.31. The van der Waals surface area contributed by atoms with Crippen molar-refractivity contribution in [1.29, 1.82) is 0 Å². The van der Waals surface area contributed by atoms with E-state index in [1.54, 1.807) is 17.0 Å². The van der Waals surface area contributed by atoms with Crippen LogP contribution in [0.5, 0.6) is 0 Å². The number of anilines is 1. The highest BCUT2D eigenvalue weighted by molar-refractivity contribution is 5.34. The smallest absolute Gasteiger partial charge is 0.293 e. The van der Waals surface area contributed by atoms with E-state index in [1.165, 1.54) is 0 Å². The molecule has 17 heavy (non-hydrogen) atoms. The van der Waals surface area contributed by atoms with Crippen LogP contribution in [0.3, 0.4) is 0 Å². The minimum atomic E-state index is -0.0204. The number of likely N-dealkylation sites (N-methyl/N-ethyl adjacent to an activating group) is 1. The molecule has 0 atom stereocenters. The fourth-order valence-electron chi connectivity index (χ4n) is 1.60. The molecule has 1 N–H and O–H groups in total. The van der Waals surface area contributed by atoms with E-state index in [1.807, 2.05) is 18.9 Å². The van der Waals surface area contributed by atoms with Gasteiger partial charge in [0.05, 0.1) is 0 Å². The number of nitrogens with zero attached hydrogens (tertiary/aromatic N) is 3. The molecule has 0 amide bonds. The van der Waals surface area contributed by atoms with Crippen LogP contribution in [0.25, 0.3) is 0 Å². The normalized spacial score (nSPS) is 10.5. The lowest BCUT2D eigenvalue weighted by atomic mass is 10.4. The van der Waals surface area contributed by atoms with Gasteiger partial charge in [0.2, 0.25) is 0 Å². The van der Waals surface area contributed by atoms with E-state index in [-0.39, 0.29) is 5.56 Å². The lowest BCUT2D eigenvalue weighted by Crippen LogP contribution is -2.35. The van der Waals surface area contributed by atoms with Crippen molar-refractivity contribution in [2.45, 2.75) is 26.8 Å². The summed E-state index contributed by atoms with van der Waals surface area (Å²) in [4.78, 5) is 18.0. The van der Waals surface area contributed by atoms with E-state index in [0.717, 1.165) is 26.1 Å². The van der Waals surface area contributed by atoms with E-state index in [2.05, 4.69) is 17.2 Å². The monoisotopic (exact) mass is 238 g/mol. The first-order chi connectivity index (χ1) is 8.20. The van der Waals surface area contributed by atoms with Crippen molar-refractivity contribution in [2.75, 3.05) is 31.6 Å². The molecular formula is C12H22N4O. The molecule has 0 fully saturated rings. The molecular weight excluding hydrogens is 216 g/mol. The summed E-state index contributed by atoms with van der Waals surface area (Å²) in [5.74, 6) is 0.521. The number of hydrogen-bond donors (Lipinski definition) is 1. The third kappa shape index (κ3) is 3.85. The second-order valence-electron chi connectivity index (χ2n) is 4.01. The molecule has 96 valence electrons. The summed E-state index contributed by atoms with van der Waals surface area (Å²) in [6.45, 7) is 7.43. The van der Waals surface area contributed by atoms with Crippen molar-refractivity contribution < 1.29 is 0 Å². The Balaban J connectivity index is 2.62. The van der Waals surface area contributed by atoms with E-state index in [0.29, 0.717) is 12.4 Å².